The quantitative estimate of drug-likeness (QED) is 0.886. The van der Waals surface area contributed by atoms with E-state index in [1.807, 2.05) is 51.1 Å². The molecule has 0 aromatic heterocycles. The fourth-order valence-corrected chi connectivity index (χ4v) is 2.67. The van der Waals surface area contributed by atoms with Gasteiger partial charge in [0.25, 0.3) is 0 Å². The van der Waals surface area contributed by atoms with Gasteiger partial charge >= 0.3 is 0 Å². The van der Waals surface area contributed by atoms with Crippen molar-refractivity contribution in [2.24, 2.45) is 0 Å². The van der Waals surface area contributed by atoms with Crippen LogP contribution in [0.25, 0.3) is 0 Å². The second-order valence-corrected chi connectivity index (χ2v) is 6.55. The first-order valence-corrected chi connectivity index (χ1v) is 7.76. The Bertz CT molecular complexity index is 659. The van der Waals surface area contributed by atoms with Gasteiger partial charge in [-0.1, -0.05) is 54.1 Å². The maximum Gasteiger partial charge on any atom is 0.230 e. The van der Waals surface area contributed by atoms with Crippen LogP contribution in [0.2, 0.25) is 0 Å². The zero-order chi connectivity index (χ0) is 16.3. The van der Waals surface area contributed by atoms with Gasteiger partial charge in [0, 0.05) is 0 Å². The summed E-state index contributed by atoms with van der Waals surface area (Å²) in [6, 6.07) is 16.3. The minimum Gasteiger partial charge on any atom is -0.349 e. The molecule has 2 aromatic rings. The van der Waals surface area contributed by atoms with Crippen molar-refractivity contribution in [1.29, 1.82) is 0 Å². The fourth-order valence-electron chi connectivity index (χ4n) is 2.67. The maximum absolute atomic E-state index is 12.7. The van der Waals surface area contributed by atoms with Crippen LogP contribution in [0.15, 0.2) is 48.5 Å². The highest BCUT2D eigenvalue weighted by Gasteiger charge is 2.30. The van der Waals surface area contributed by atoms with Crippen molar-refractivity contribution in [3.63, 3.8) is 0 Å². The van der Waals surface area contributed by atoms with Gasteiger partial charge in [0.05, 0.1) is 11.5 Å². The lowest BCUT2D eigenvalue weighted by molar-refractivity contribution is -0.126. The molecule has 2 heteroatoms. The Hall–Kier alpha value is -2.09. The average Bonchev–Trinajstić information content (AvgIpc) is 2.50. The van der Waals surface area contributed by atoms with E-state index < -0.39 is 5.41 Å². The molecule has 2 nitrogen and oxygen atoms in total. The van der Waals surface area contributed by atoms with Crippen molar-refractivity contribution < 1.29 is 4.79 Å². The third-order valence-electron chi connectivity index (χ3n) is 4.31. The molecule has 0 fully saturated rings. The Morgan fingerprint density at radius 2 is 1.68 bits per heavy atom. The van der Waals surface area contributed by atoms with E-state index in [2.05, 4.69) is 37.4 Å². The van der Waals surface area contributed by atoms with Gasteiger partial charge in [-0.15, -0.1) is 0 Å². The highest BCUT2D eigenvalue weighted by atomic mass is 16.2. The van der Waals surface area contributed by atoms with E-state index in [-0.39, 0.29) is 11.9 Å². The number of aryl methyl sites for hydroxylation is 2. The second-order valence-electron chi connectivity index (χ2n) is 6.55. The summed E-state index contributed by atoms with van der Waals surface area (Å²) in [4.78, 5) is 12.7. The lowest BCUT2D eigenvalue weighted by Crippen LogP contribution is -2.41. The lowest BCUT2D eigenvalue weighted by atomic mass is 9.83. The molecule has 0 aliphatic heterocycles. The van der Waals surface area contributed by atoms with E-state index in [9.17, 15) is 4.79 Å². The Kier molecular flexibility index (Phi) is 4.70. The molecule has 1 N–H and O–H groups in total. The summed E-state index contributed by atoms with van der Waals surface area (Å²) in [6.07, 6.45) is 0. The van der Waals surface area contributed by atoms with Crippen LogP contribution in [-0.2, 0) is 10.2 Å². The topological polar surface area (TPSA) is 29.1 Å². The van der Waals surface area contributed by atoms with Gasteiger partial charge in [0.2, 0.25) is 5.91 Å². The van der Waals surface area contributed by atoms with Crippen LogP contribution in [-0.4, -0.2) is 5.91 Å². The molecule has 0 saturated heterocycles. The third kappa shape index (κ3) is 3.38. The van der Waals surface area contributed by atoms with E-state index in [1.54, 1.807) is 0 Å². The summed E-state index contributed by atoms with van der Waals surface area (Å²) < 4.78 is 0. The second kappa shape index (κ2) is 6.35. The predicted molar refractivity (Wildman–Crippen MR) is 91.9 cm³/mol. The number of hydrogen-bond acceptors (Lipinski definition) is 1. The molecular weight excluding hydrogens is 270 g/mol. The number of rotatable bonds is 4. The van der Waals surface area contributed by atoms with Gasteiger partial charge in [-0.3, -0.25) is 4.79 Å². The molecule has 2 rings (SSSR count). The van der Waals surface area contributed by atoms with Gasteiger partial charge in [0.15, 0.2) is 0 Å². The van der Waals surface area contributed by atoms with Crippen LogP contribution in [0.5, 0.6) is 0 Å². The Balaban J connectivity index is 2.19. The first-order chi connectivity index (χ1) is 10.3. The number of nitrogens with one attached hydrogen (secondary N) is 1. The molecule has 0 spiro atoms. The zero-order valence-electron chi connectivity index (χ0n) is 14.1. The predicted octanol–water partition coefficient (Wildman–Crippen LogP) is 4.46. The highest BCUT2D eigenvalue weighted by molar-refractivity contribution is 5.87. The van der Waals surface area contributed by atoms with Crippen LogP contribution in [0.4, 0.5) is 0 Å². The van der Waals surface area contributed by atoms with Crippen LogP contribution in [0.1, 0.15) is 49.1 Å². The summed E-state index contributed by atoms with van der Waals surface area (Å²) in [5.41, 5.74) is 4.07. The van der Waals surface area contributed by atoms with Gasteiger partial charge in [-0.05, 0) is 51.3 Å². The van der Waals surface area contributed by atoms with Crippen molar-refractivity contribution >= 4 is 5.91 Å². The van der Waals surface area contributed by atoms with E-state index in [4.69, 9.17) is 0 Å². The van der Waals surface area contributed by atoms with Crippen molar-refractivity contribution in [3.8, 4) is 0 Å². The van der Waals surface area contributed by atoms with Crippen LogP contribution < -0.4 is 5.32 Å². The molecule has 1 unspecified atom stereocenters. The molecule has 0 aliphatic carbocycles. The van der Waals surface area contributed by atoms with Crippen molar-refractivity contribution in [2.45, 2.75) is 46.1 Å². The molecule has 2 aromatic carbocycles. The van der Waals surface area contributed by atoms with Gasteiger partial charge in [0.1, 0.15) is 0 Å². The van der Waals surface area contributed by atoms with E-state index in [0.717, 1.165) is 5.56 Å². The maximum atomic E-state index is 12.7. The normalized spacial score (nSPS) is 12.8. The van der Waals surface area contributed by atoms with Crippen molar-refractivity contribution in [3.05, 3.63) is 70.8 Å². The number of carbonyl (C=O) groups is 1. The Morgan fingerprint density at radius 3 is 2.32 bits per heavy atom. The average molecular weight is 295 g/mol. The highest BCUT2D eigenvalue weighted by Crippen LogP contribution is 2.25. The monoisotopic (exact) mass is 295 g/mol. The molecule has 0 saturated carbocycles. The lowest BCUT2D eigenvalue weighted by Gasteiger charge is -2.27. The first kappa shape index (κ1) is 16.3. The molecule has 22 heavy (non-hydrogen) atoms. The number of amides is 1. The summed E-state index contributed by atoms with van der Waals surface area (Å²) in [6.45, 7) is 10.1. The van der Waals surface area contributed by atoms with Crippen LogP contribution in [0.3, 0.4) is 0 Å². The molecule has 0 aliphatic rings. The standard InChI is InChI=1S/C20H25NO/c1-14-11-12-15(2)18(13-14)16(3)21-19(22)20(4,5)17-9-7-6-8-10-17/h6-13,16H,1-5H3,(H,21,22). The first-order valence-electron chi connectivity index (χ1n) is 7.76. The zero-order valence-corrected chi connectivity index (χ0v) is 14.1. The molecule has 1 atom stereocenters. The Labute approximate surface area is 133 Å². The SMILES string of the molecule is Cc1ccc(C)c(C(C)NC(=O)C(C)(C)c2ccccc2)c1. The third-order valence-corrected chi connectivity index (χ3v) is 4.31. The van der Waals surface area contributed by atoms with Gasteiger partial charge in [-0.25, -0.2) is 0 Å². The van der Waals surface area contributed by atoms with E-state index in [1.165, 1.54) is 16.7 Å². The minimum atomic E-state index is -0.548. The molecule has 0 radical (unpaired) electrons. The number of benzene rings is 2. The minimum absolute atomic E-state index is 0.00427. The van der Waals surface area contributed by atoms with Crippen molar-refractivity contribution in [1.82, 2.24) is 5.32 Å². The molecular formula is C20H25NO. The summed E-state index contributed by atoms with van der Waals surface area (Å²) in [7, 11) is 0. The van der Waals surface area contributed by atoms with Gasteiger partial charge < -0.3 is 5.32 Å². The van der Waals surface area contributed by atoms with Crippen LogP contribution >= 0.6 is 0 Å². The Morgan fingerprint density at radius 1 is 1.05 bits per heavy atom. The largest absolute Gasteiger partial charge is 0.349 e. The number of carbonyl (C=O) groups excluding carboxylic acids is 1. The van der Waals surface area contributed by atoms with Crippen LogP contribution in [0, 0.1) is 13.8 Å². The van der Waals surface area contributed by atoms with E-state index in [0.29, 0.717) is 0 Å². The molecule has 0 heterocycles. The number of hydrogen-bond donors (Lipinski definition) is 1. The van der Waals surface area contributed by atoms with E-state index >= 15 is 0 Å². The summed E-state index contributed by atoms with van der Waals surface area (Å²) in [5, 5.41) is 3.16. The molecule has 116 valence electrons. The molecule has 1 amide bonds. The molecule has 0 bridgehead atoms. The summed E-state index contributed by atoms with van der Waals surface area (Å²) in [5.74, 6) is 0.0482. The summed E-state index contributed by atoms with van der Waals surface area (Å²) >= 11 is 0. The van der Waals surface area contributed by atoms with Gasteiger partial charge in [-0.2, -0.15) is 0 Å². The smallest absolute Gasteiger partial charge is 0.230 e. The fraction of sp³-hybridized carbons (Fsp3) is 0.350. The van der Waals surface area contributed by atoms with Crippen molar-refractivity contribution in [2.75, 3.05) is 0 Å².